The maximum atomic E-state index is 13.0. The van der Waals surface area contributed by atoms with Crippen LogP contribution >= 0.6 is 0 Å². The lowest BCUT2D eigenvalue weighted by molar-refractivity contribution is -0.685. The van der Waals surface area contributed by atoms with Crippen LogP contribution in [-0.4, -0.2) is 49.7 Å². The molecule has 0 unspecified atom stereocenters. The van der Waals surface area contributed by atoms with Crippen LogP contribution in [0.5, 0.6) is 0 Å². The number of aromatic nitrogens is 1. The van der Waals surface area contributed by atoms with Gasteiger partial charge in [0.25, 0.3) is 5.91 Å². The summed E-state index contributed by atoms with van der Waals surface area (Å²) >= 11 is 0. The minimum Gasteiger partial charge on any atom is -0.335 e. The first-order valence-corrected chi connectivity index (χ1v) is 12.1. The molecule has 0 bridgehead atoms. The molecule has 1 aliphatic carbocycles. The van der Waals surface area contributed by atoms with Crippen molar-refractivity contribution in [2.75, 3.05) is 26.2 Å². The van der Waals surface area contributed by atoms with E-state index in [0.717, 1.165) is 24.0 Å². The monoisotopic (exact) mass is 428 g/mol. The van der Waals surface area contributed by atoms with E-state index in [4.69, 9.17) is 0 Å². The number of amides is 1. The lowest BCUT2D eigenvalue weighted by atomic mass is 9.93. The minimum absolute atomic E-state index is 0.0410. The second-order valence-electron chi connectivity index (χ2n) is 8.43. The third-order valence-corrected chi connectivity index (χ3v) is 8.26. The molecule has 4 rings (SSSR count). The highest BCUT2D eigenvalue weighted by atomic mass is 32.2. The summed E-state index contributed by atoms with van der Waals surface area (Å²) < 4.78 is 29.5. The van der Waals surface area contributed by atoms with Crippen molar-refractivity contribution >= 4 is 15.9 Å². The fourth-order valence-corrected chi connectivity index (χ4v) is 6.11. The summed E-state index contributed by atoms with van der Waals surface area (Å²) in [5.41, 5.74) is 4.55. The molecule has 30 heavy (non-hydrogen) atoms. The number of benzene rings is 1. The second-order valence-corrected chi connectivity index (χ2v) is 10.3. The van der Waals surface area contributed by atoms with Crippen LogP contribution < -0.4 is 4.57 Å². The van der Waals surface area contributed by atoms with Crippen molar-refractivity contribution in [2.45, 2.75) is 51.0 Å². The number of carbonyl (C=O) groups is 1. The highest BCUT2D eigenvalue weighted by molar-refractivity contribution is 7.89. The molecule has 1 fully saturated rings. The number of carbonyl (C=O) groups excluding carboxylic acids is 1. The Labute approximate surface area is 179 Å². The van der Waals surface area contributed by atoms with Gasteiger partial charge in [0.2, 0.25) is 16.6 Å². The molecule has 1 aromatic heterocycles. The van der Waals surface area contributed by atoms with Crippen molar-refractivity contribution in [1.29, 1.82) is 0 Å². The quantitative estimate of drug-likeness (QED) is 0.700. The highest BCUT2D eigenvalue weighted by Crippen LogP contribution is 2.22. The third-order valence-electron chi connectivity index (χ3n) is 6.20. The number of pyridine rings is 1. The standard InChI is InChI=1S/C23H30N3O3S/c1-18-7-8-22(19(2)15-18)30(28,29)26-13-11-25(12-14-26)23(27)17-24-10-9-20-5-3-4-6-21(20)16-24/h7-10,15-16H,3-6,11-14,17H2,1-2H3/q+1. The molecular formula is C23H30N3O3S+. The summed E-state index contributed by atoms with van der Waals surface area (Å²) in [6, 6.07) is 7.54. The summed E-state index contributed by atoms with van der Waals surface area (Å²) in [7, 11) is -3.54. The molecule has 7 heteroatoms. The molecule has 0 N–H and O–H groups in total. The van der Waals surface area contributed by atoms with E-state index in [0.29, 0.717) is 37.6 Å². The number of rotatable bonds is 4. The molecule has 160 valence electrons. The molecule has 0 spiro atoms. The molecule has 0 saturated carbocycles. The van der Waals surface area contributed by atoms with Crippen LogP contribution in [0, 0.1) is 13.8 Å². The van der Waals surface area contributed by atoms with Crippen LogP contribution in [-0.2, 0) is 34.2 Å². The van der Waals surface area contributed by atoms with E-state index in [-0.39, 0.29) is 5.91 Å². The molecule has 2 heterocycles. The lowest BCUT2D eigenvalue weighted by Gasteiger charge is -2.33. The zero-order valence-corrected chi connectivity index (χ0v) is 18.6. The number of hydrogen-bond acceptors (Lipinski definition) is 3. The van der Waals surface area contributed by atoms with Gasteiger partial charge in [-0.25, -0.2) is 8.42 Å². The van der Waals surface area contributed by atoms with Crippen molar-refractivity contribution in [3.8, 4) is 0 Å². The Morgan fingerprint density at radius 2 is 1.70 bits per heavy atom. The maximum absolute atomic E-state index is 13.0. The first-order valence-electron chi connectivity index (χ1n) is 10.7. The van der Waals surface area contributed by atoms with Gasteiger partial charge in [0.15, 0.2) is 12.4 Å². The van der Waals surface area contributed by atoms with Gasteiger partial charge >= 0.3 is 0 Å². The average molecular weight is 429 g/mol. The highest BCUT2D eigenvalue weighted by Gasteiger charge is 2.32. The van der Waals surface area contributed by atoms with E-state index < -0.39 is 10.0 Å². The van der Waals surface area contributed by atoms with E-state index in [2.05, 4.69) is 12.3 Å². The van der Waals surface area contributed by atoms with Crippen molar-refractivity contribution in [3.05, 3.63) is 58.9 Å². The van der Waals surface area contributed by atoms with E-state index in [1.165, 1.54) is 28.3 Å². The summed E-state index contributed by atoms with van der Waals surface area (Å²) in [6.07, 6.45) is 8.75. The van der Waals surface area contributed by atoms with Gasteiger partial charge < -0.3 is 4.90 Å². The first kappa shape index (κ1) is 21.0. The van der Waals surface area contributed by atoms with Gasteiger partial charge in [0.1, 0.15) is 0 Å². The summed E-state index contributed by atoms with van der Waals surface area (Å²) in [6.45, 7) is 5.59. The number of piperazine rings is 1. The molecule has 2 aromatic rings. The van der Waals surface area contributed by atoms with E-state index in [9.17, 15) is 13.2 Å². The van der Waals surface area contributed by atoms with Crippen molar-refractivity contribution < 1.29 is 17.8 Å². The first-order chi connectivity index (χ1) is 14.3. The normalized spacial score (nSPS) is 17.6. The van der Waals surface area contributed by atoms with Crippen LogP contribution in [0.1, 0.15) is 35.1 Å². The number of aryl methyl sites for hydroxylation is 4. The Bertz CT molecular complexity index is 1060. The SMILES string of the molecule is Cc1ccc(S(=O)(=O)N2CCN(C(=O)C[n+]3ccc4c(c3)CCCC4)CC2)c(C)c1. The van der Waals surface area contributed by atoms with Crippen LogP contribution in [0.4, 0.5) is 0 Å². The van der Waals surface area contributed by atoms with Crippen LogP contribution in [0.15, 0.2) is 41.6 Å². The van der Waals surface area contributed by atoms with E-state index >= 15 is 0 Å². The van der Waals surface area contributed by atoms with Gasteiger partial charge in [-0.3, -0.25) is 4.79 Å². The lowest BCUT2D eigenvalue weighted by Crippen LogP contribution is -2.53. The Kier molecular flexibility index (Phi) is 5.93. The maximum Gasteiger partial charge on any atom is 0.288 e. The zero-order chi connectivity index (χ0) is 21.3. The zero-order valence-electron chi connectivity index (χ0n) is 17.8. The Hall–Kier alpha value is -2.25. The number of nitrogens with zero attached hydrogens (tertiary/aromatic N) is 3. The Morgan fingerprint density at radius 1 is 1.00 bits per heavy atom. The molecule has 1 aromatic carbocycles. The summed E-state index contributed by atoms with van der Waals surface area (Å²) in [4.78, 5) is 14.9. The molecule has 1 saturated heterocycles. The summed E-state index contributed by atoms with van der Waals surface area (Å²) in [5.74, 6) is 0.0410. The van der Waals surface area contributed by atoms with Gasteiger partial charge in [0, 0.05) is 37.8 Å². The van der Waals surface area contributed by atoms with Crippen LogP contribution in [0.3, 0.4) is 0 Å². The van der Waals surface area contributed by atoms with E-state index in [1.54, 1.807) is 11.0 Å². The predicted molar refractivity (Wildman–Crippen MR) is 115 cm³/mol. The fraction of sp³-hybridized carbons (Fsp3) is 0.478. The van der Waals surface area contributed by atoms with Gasteiger partial charge in [-0.1, -0.05) is 17.7 Å². The second kappa shape index (κ2) is 8.47. The minimum atomic E-state index is -3.54. The molecule has 2 aliphatic rings. The molecule has 1 amide bonds. The molecule has 0 radical (unpaired) electrons. The van der Waals surface area contributed by atoms with Crippen molar-refractivity contribution in [1.82, 2.24) is 9.21 Å². The molecular weight excluding hydrogens is 398 g/mol. The summed E-state index contributed by atoms with van der Waals surface area (Å²) in [5, 5.41) is 0. The Balaban J connectivity index is 1.38. The van der Waals surface area contributed by atoms with Gasteiger partial charge in [-0.15, -0.1) is 0 Å². The molecule has 6 nitrogen and oxygen atoms in total. The molecule has 1 aliphatic heterocycles. The van der Waals surface area contributed by atoms with E-state index in [1.807, 2.05) is 36.7 Å². The van der Waals surface area contributed by atoms with Gasteiger partial charge in [-0.2, -0.15) is 8.87 Å². The smallest absolute Gasteiger partial charge is 0.288 e. The van der Waals surface area contributed by atoms with Gasteiger partial charge in [0.05, 0.1) is 4.90 Å². The average Bonchev–Trinajstić information content (AvgIpc) is 2.73. The van der Waals surface area contributed by atoms with Crippen LogP contribution in [0.2, 0.25) is 0 Å². The third kappa shape index (κ3) is 4.27. The topological polar surface area (TPSA) is 61.6 Å². The Morgan fingerprint density at radius 3 is 2.40 bits per heavy atom. The number of hydrogen-bond donors (Lipinski definition) is 0. The fourth-order valence-electron chi connectivity index (χ4n) is 4.48. The van der Waals surface area contributed by atoms with Crippen molar-refractivity contribution in [3.63, 3.8) is 0 Å². The molecule has 0 atom stereocenters. The van der Waals surface area contributed by atoms with Crippen molar-refractivity contribution in [2.24, 2.45) is 0 Å². The number of fused-ring (bicyclic) bond motifs is 1. The predicted octanol–water partition coefficient (Wildman–Crippen LogP) is 2.00. The van der Waals surface area contributed by atoms with Crippen LogP contribution in [0.25, 0.3) is 0 Å². The largest absolute Gasteiger partial charge is 0.335 e. The van der Waals surface area contributed by atoms with Gasteiger partial charge in [-0.05, 0) is 56.7 Å². The number of sulfonamides is 1.